The molecule has 2 heteroatoms. The number of hydrogen-bond acceptors (Lipinski definition) is 2. The van der Waals surface area contributed by atoms with E-state index in [0.717, 1.165) is 11.8 Å². The molecule has 1 aromatic carbocycles. The van der Waals surface area contributed by atoms with Crippen LogP contribution in [0.15, 0.2) is 24.3 Å². The lowest BCUT2D eigenvalue weighted by Gasteiger charge is -2.63. The number of nitrogens with two attached hydrogens (primary N) is 1. The summed E-state index contributed by atoms with van der Waals surface area (Å²) in [6.07, 6.45) is 8.49. The van der Waals surface area contributed by atoms with E-state index in [4.69, 9.17) is 5.84 Å². The lowest BCUT2D eigenvalue weighted by atomic mass is 9.43. The molecule has 4 bridgehead atoms. The SMILES string of the molecule is Cc1ccc(C(NN)C23CC4CC(CC(C)(C4)C2)C3)cc1. The highest BCUT2D eigenvalue weighted by Crippen LogP contribution is 2.68. The molecule has 0 aromatic heterocycles. The van der Waals surface area contributed by atoms with Crippen LogP contribution in [-0.2, 0) is 0 Å². The van der Waals surface area contributed by atoms with Crippen LogP contribution < -0.4 is 11.3 Å². The summed E-state index contributed by atoms with van der Waals surface area (Å²) < 4.78 is 0. The van der Waals surface area contributed by atoms with Gasteiger partial charge in [0.2, 0.25) is 0 Å². The molecule has 0 aliphatic heterocycles. The summed E-state index contributed by atoms with van der Waals surface area (Å²) >= 11 is 0. The Morgan fingerprint density at radius 1 is 1.10 bits per heavy atom. The van der Waals surface area contributed by atoms with Gasteiger partial charge in [0, 0.05) is 0 Å². The summed E-state index contributed by atoms with van der Waals surface area (Å²) in [5, 5.41) is 0. The third kappa shape index (κ3) is 2.15. The molecule has 0 saturated heterocycles. The normalized spacial score (nSPS) is 42.2. The van der Waals surface area contributed by atoms with Crippen molar-refractivity contribution in [2.75, 3.05) is 0 Å². The van der Waals surface area contributed by atoms with Gasteiger partial charge in [-0.2, -0.15) is 0 Å². The predicted octanol–water partition coefficient (Wildman–Crippen LogP) is 4.11. The summed E-state index contributed by atoms with van der Waals surface area (Å²) in [5.74, 6) is 7.94. The van der Waals surface area contributed by atoms with Crippen LogP contribution in [0.3, 0.4) is 0 Å². The van der Waals surface area contributed by atoms with Crippen LogP contribution in [0.4, 0.5) is 0 Å². The third-order valence-corrected chi connectivity index (χ3v) is 6.59. The molecule has 2 nitrogen and oxygen atoms in total. The van der Waals surface area contributed by atoms with Crippen molar-refractivity contribution in [2.24, 2.45) is 28.5 Å². The first-order valence-corrected chi connectivity index (χ1v) is 8.55. The van der Waals surface area contributed by atoms with Gasteiger partial charge in [-0.25, -0.2) is 0 Å². The Labute approximate surface area is 128 Å². The number of rotatable bonds is 3. The van der Waals surface area contributed by atoms with Crippen LogP contribution in [-0.4, -0.2) is 0 Å². The summed E-state index contributed by atoms with van der Waals surface area (Å²) in [7, 11) is 0. The molecule has 0 heterocycles. The van der Waals surface area contributed by atoms with E-state index in [1.165, 1.54) is 49.7 Å². The van der Waals surface area contributed by atoms with Crippen molar-refractivity contribution >= 4 is 0 Å². The molecule has 4 fully saturated rings. The molecule has 4 saturated carbocycles. The van der Waals surface area contributed by atoms with Crippen molar-refractivity contribution in [3.8, 4) is 0 Å². The van der Waals surface area contributed by atoms with Gasteiger partial charge in [-0.1, -0.05) is 36.8 Å². The summed E-state index contributed by atoms with van der Waals surface area (Å²) in [4.78, 5) is 0. The van der Waals surface area contributed by atoms with Crippen LogP contribution in [0.1, 0.15) is 62.6 Å². The van der Waals surface area contributed by atoms with Gasteiger partial charge in [0.15, 0.2) is 0 Å². The van der Waals surface area contributed by atoms with Crippen LogP contribution in [0.5, 0.6) is 0 Å². The molecule has 3 unspecified atom stereocenters. The predicted molar refractivity (Wildman–Crippen MR) is 86.5 cm³/mol. The summed E-state index contributed by atoms with van der Waals surface area (Å²) in [6.45, 7) is 4.68. The Bertz CT molecular complexity index is 519. The topological polar surface area (TPSA) is 38.0 Å². The first kappa shape index (κ1) is 13.8. The number of hydrogen-bond donors (Lipinski definition) is 2. The van der Waals surface area contributed by atoms with E-state index < -0.39 is 0 Å². The maximum atomic E-state index is 6.06. The average molecular weight is 284 g/mol. The van der Waals surface area contributed by atoms with Gasteiger partial charge in [-0.3, -0.25) is 11.3 Å². The standard InChI is InChI=1S/C19H28N2/c1-13-3-5-16(6-4-13)17(21-20)19-10-14-7-15(11-19)9-18(2,8-14)12-19/h3-6,14-15,17,21H,7-12,20H2,1-2H3. The van der Waals surface area contributed by atoms with E-state index in [0.29, 0.717) is 16.9 Å². The zero-order valence-electron chi connectivity index (χ0n) is 13.4. The number of hydrazine groups is 1. The zero-order chi connectivity index (χ0) is 14.7. The molecule has 114 valence electrons. The zero-order valence-corrected chi connectivity index (χ0v) is 13.4. The van der Waals surface area contributed by atoms with Gasteiger partial charge in [-0.05, 0) is 73.7 Å². The molecule has 3 N–H and O–H groups in total. The third-order valence-electron chi connectivity index (χ3n) is 6.59. The van der Waals surface area contributed by atoms with Crippen LogP contribution in [0, 0.1) is 29.6 Å². The van der Waals surface area contributed by atoms with Gasteiger partial charge in [-0.15, -0.1) is 0 Å². The maximum absolute atomic E-state index is 6.06. The highest BCUT2D eigenvalue weighted by molar-refractivity contribution is 5.27. The van der Waals surface area contributed by atoms with Crippen LogP contribution in [0.25, 0.3) is 0 Å². The molecule has 0 spiro atoms. The molecule has 5 rings (SSSR count). The van der Waals surface area contributed by atoms with E-state index in [-0.39, 0.29) is 0 Å². The van der Waals surface area contributed by atoms with E-state index in [1.807, 2.05) is 0 Å². The fourth-order valence-electron chi connectivity index (χ4n) is 6.52. The number of aryl methyl sites for hydroxylation is 1. The van der Waals surface area contributed by atoms with E-state index in [2.05, 4.69) is 43.5 Å². The maximum Gasteiger partial charge on any atom is 0.0516 e. The van der Waals surface area contributed by atoms with Crippen molar-refractivity contribution in [1.82, 2.24) is 5.43 Å². The van der Waals surface area contributed by atoms with E-state index >= 15 is 0 Å². The summed E-state index contributed by atoms with van der Waals surface area (Å²) in [6, 6.07) is 9.33. The van der Waals surface area contributed by atoms with Gasteiger partial charge < -0.3 is 0 Å². The van der Waals surface area contributed by atoms with Crippen LogP contribution >= 0.6 is 0 Å². The second-order valence-electron chi connectivity index (χ2n) is 8.64. The van der Waals surface area contributed by atoms with Crippen molar-refractivity contribution in [1.29, 1.82) is 0 Å². The molecule has 21 heavy (non-hydrogen) atoms. The Hall–Kier alpha value is -0.860. The molecular formula is C19H28N2. The Balaban J connectivity index is 1.71. The highest BCUT2D eigenvalue weighted by atomic mass is 15.2. The lowest BCUT2D eigenvalue weighted by molar-refractivity contribution is -0.119. The van der Waals surface area contributed by atoms with Gasteiger partial charge >= 0.3 is 0 Å². The Morgan fingerprint density at radius 3 is 2.24 bits per heavy atom. The first-order chi connectivity index (χ1) is 10.0. The second kappa shape index (κ2) is 4.57. The van der Waals surface area contributed by atoms with Crippen LogP contribution in [0.2, 0.25) is 0 Å². The molecule has 0 amide bonds. The minimum atomic E-state index is 0.323. The fourth-order valence-corrected chi connectivity index (χ4v) is 6.52. The van der Waals surface area contributed by atoms with E-state index in [1.54, 1.807) is 0 Å². The summed E-state index contributed by atoms with van der Waals surface area (Å²) in [5.41, 5.74) is 6.89. The van der Waals surface area contributed by atoms with Crippen molar-refractivity contribution < 1.29 is 0 Å². The van der Waals surface area contributed by atoms with Crippen molar-refractivity contribution in [3.63, 3.8) is 0 Å². The molecule has 0 radical (unpaired) electrons. The smallest absolute Gasteiger partial charge is 0.0516 e. The molecule has 4 aliphatic carbocycles. The second-order valence-corrected chi connectivity index (χ2v) is 8.64. The van der Waals surface area contributed by atoms with Gasteiger partial charge in [0.1, 0.15) is 0 Å². The fraction of sp³-hybridized carbons (Fsp3) is 0.684. The molecule has 4 aliphatic rings. The largest absolute Gasteiger partial charge is 0.271 e. The van der Waals surface area contributed by atoms with Crippen molar-refractivity contribution in [3.05, 3.63) is 35.4 Å². The van der Waals surface area contributed by atoms with E-state index in [9.17, 15) is 0 Å². The Morgan fingerprint density at radius 2 is 1.71 bits per heavy atom. The molecule has 3 atom stereocenters. The number of benzene rings is 1. The average Bonchev–Trinajstić information content (AvgIpc) is 2.38. The quantitative estimate of drug-likeness (QED) is 0.647. The monoisotopic (exact) mass is 284 g/mol. The lowest BCUT2D eigenvalue weighted by Crippen LogP contribution is -2.56. The van der Waals surface area contributed by atoms with Crippen molar-refractivity contribution in [2.45, 2.75) is 58.4 Å². The minimum Gasteiger partial charge on any atom is -0.271 e. The molecular weight excluding hydrogens is 256 g/mol. The Kier molecular flexibility index (Phi) is 3.00. The van der Waals surface area contributed by atoms with Gasteiger partial charge in [0.05, 0.1) is 6.04 Å². The number of nitrogens with one attached hydrogen (secondary N) is 1. The molecule has 1 aromatic rings. The highest BCUT2D eigenvalue weighted by Gasteiger charge is 2.58. The van der Waals surface area contributed by atoms with Gasteiger partial charge in [0.25, 0.3) is 0 Å². The first-order valence-electron chi connectivity index (χ1n) is 8.55. The minimum absolute atomic E-state index is 0.323.